The molecule has 1 heterocycles. The Kier molecular flexibility index (Phi) is 5.05. The Morgan fingerprint density at radius 2 is 1.79 bits per heavy atom. The fourth-order valence-corrected chi connectivity index (χ4v) is 2.43. The molecule has 0 spiro atoms. The molecule has 1 aliphatic rings. The minimum atomic E-state index is -1.34. The van der Waals surface area contributed by atoms with Crippen molar-refractivity contribution in [2.45, 2.75) is 19.6 Å². The van der Waals surface area contributed by atoms with Crippen LogP contribution in [0.1, 0.15) is 24.2 Å². The molecule has 0 amide bonds. The van der Waals surface area contributed by atoms with Crippen molar-refractivity contribution >= 4 is 46.8 Å². The van der Waals surface area contributed by atoms with Crippen LogP contribution in [0, 0.1) is 0 Å². The predicted molar refractivity (Wildman–Crippen MR) is 85.8 cm³/mol. The minimum Gasteiger partial charge on any atom is -0.465 e. The van der Waals surface area contributed by atoms with Gasteiger partial charge in [0.25, 0.3) is 5.79 Å². The molecule has 0 bridgehead atoms. The molecule has 0 atom stereocenters. The van der Waals surface area contributed by atoms with Crippen LogP contribution in [0.2, 0.25) is 10.0 Å². The Morgan fingerprint density at radius 1 is 1.21 bits per heavy atom. The second-order valence-electron chi connectivity index (χ2n) is 5.16. The maximum atomic E-state index is 11.9. The smallest absolute Gasteiger partial charge is 0.350 e. The Balaban J connectivity index is 2.33. The van der Waals surface area contributed by atoms with Gasteiger partial charge in [0, 0.05) is 20.0 Å². The van der Waals surface area contributed by atoms with Crippen LogP contribution in [-0.4, -0.2) is 30.8 Å². The fraction of sp³-hybridized carbons (Fsp3) is 0.267. The van der Waals surface area contributed by atoms with E-state index in [0.717, 1.165) is 6.20 Å². The van der Waals surface area contributed by atoms with Crippen LogP contribution in [0.3, 0.4) is 0 Å². The number of benzene rings is 1. The molecule has 1 aliphatic heterocycles. The van der Waals surface area contributed by atoms with Gasteiger partial charge >= 0.3 is 17.9 Å². The lowest BCUT2D eigenvalue weighted by molar-refractivity contribution is -0.222. The van der Waals surface area contributed by atoms with E-state index in [-0.39, 0.29) is 26.9 Å². The molecule has 1 fully saturated rings. The molecular weight excluding hydrogens is 361 g/mol. The summed E-state index contributed by atoms with van der Waals surface area (Å²) in [5, 5.41) is 2.77. The van der Waals surface area contributed by atoms with Crippen molar-refractivity contribution in [3.05, 3.63) is 39.5 Å². The monoisotopic (exact) mass is 373 g/mol. The van der Waals surface area contributed by atoms with E-state index in [1.165, 1.54) is 33.1 Å². The van der Waals surface area contributed by atoms with Crippen molar-refractivity contribution in [3.63, 3.8) is 0 Å². The van der Waals surface area contributed by atoms with Crippen molar-refractivity contribution < 1.29 is 28.6 Å². The highest BCUT2D eigenvalue weighted by Gasteiger charge is 2.39. The molecule has 0 aliphatic carbocycles. The maximum Gasteiger partial charge on any atom is 0.350 e. The number of carbonyl (C=O) groups is 3. The summed E-state index contributed by atoms with van der Waals surface area (Å²) >= 11 is 12.1. The number of anilines is 1. The lowest BCUT2D eigenvalue weighted by atomic mass is 10.2. The summed E-state index contributed by atoms with van der Waals surface area (Å²) in [6, 6.07) is 2.81. The molecule has 1 N–H and O–H groups in total. The largest absolute Gasteiger partial charge is 0.465 e. The van der Waals surface area contributed by atoms with E-state index >= 15 is 0 Å². The first kappa shape index (κ1) is 18.1. The first-order valence-electron chi connectivity index (χ1n) is 6.66. The van der Waals surface area contributed by atoms with Crippen molar-refractivity contribution in [2.24, 2.45) is 0 Å². The summed E-state index contributed by atoms with van der Waals surface area (Å²) in [7, 11) is 1.21. The third kappa shape index (κ3) is 3.63. The number of hydrogen-bond acceptors (Lipinski definition) is 7. The quantitative estimate of drug-likeness (QED) is 0.494. The van der Waals surface area contributed by atoms with Gasteiger partial charge in [-0.25, -0.2) is 14.4 Å². The zero-order chi connectivity index (χ0) is 18.1. The summed E-state index contributed by atoms with van der Waals surface area (Å²) in [6.45, 7) is 2.86. The Hall–Kier alpha value is -2.25. The highest BCUT2D eigenvalue weighted by molar-refractivity contribution is 6.41. The molecule has 1 saturated heterocycles. The molecule has 0 radical (unpaired) electrons. The van der Waals surface area contributed by atoms with Gasteiger partial charge < -0.3 is 19.5 Å². The molecule has 2 rings (SSSR count). The van der Waals surface area contributed by atoms with Gasteiger partial charge in [0.1, 0.15) is 0 Å². The average Bonchev–Trinajstić information content (AvgIpc) is 2.47. The van der Waals surface area contributed by atoms with Gasteiger partial charge in [-0.3, -0.25) is 0 Å². The van der Waals surface area contributed by atoms with Gasteiger partial charge in [0.2, 0.25) is 0 Å². The number of hydrogen-bond donors (Lipinski definition) is 1. The molecule has 9 heteroatoms. The van der Waals surface area contributed by atoms with Gasteiger partial charge in [-0.1, -0.05) is 23.2 Å². The number of halogens is 2. The van der Waals surface area contributed by atoms with E-state index in [2.05, 4.69) is 10.1 Å². The van der Waals surface area contributed by atoms with Crippen molar-refractivity contribution in [2.75, 3.05) is 12.4 Å². The fourth-order valence-electron chi connectivity index (χ4n) is 1.88. The Bertz CT molecular complexity index is 735. The Morgan fingerprint density at radius 3 is 2.33 bits per heavy atom. The van der Waals surface area contributed by atoms with E-state index in [9.17, 15) is 14.4 Å². The highest BCUT2D eigenvalue weighted by atomic mass is 35.5. The van der Waals surface area contributed by atoms with Crippen molar-refractivity contribution in [1.82, 2.24) is 0 Å². The van der Waals surface area contributed by atoms with Crippen LogP contribution >= 0.6 is 23.2 Å². The molecule has 24 heavy (non-hydrogen) atoms. The molecule has 7 nitrogen and oxygen atoms in total. The van der Waals surface area contributed by atoms with E-state index in [1.54, 1.807) is 0 Å². The molecule has 1 aromatic rings. The first-order valence-corrected chi connectivity index (χ1v) is 7.41. The summed E-state index contributed by atoms with van der Waals surface area (Å²) in [4.78, 5) is 35.4. The molecular formula is C15H13Cl2NO6. The molecule has 0 unspecified atom stereocenters. The third-order valence-electron chi connectivity index (χ3n) is 2.97. The summed E-state index contributed by atoms with van der Waals surface area (Å²) in [5.74, 6) is -3.73. The lowest BCUT2D eigenvalue weighted by Gasteiger charge is -2.29. The van der Waals surface area contributed by atoms with Gasteiger partial charge in [-0.05, 0) is 12.1 Å². The van der Waals surface area contributed by atoms with E-state index < -0.39 is 23.7 Å². The first-order chi connectivity index (χ1) is 11.2. The Labute approximate surface area is 147 Å². The number of carbonyl (C=O) groups excluding carboxylic acids is 3. The summed E-state index contributed by atoms with van der Waals surface area (Å²) in [6.07, 6.45) is 1.05. The van der Waals surface area contributed by atoms with Crippen LogP contribution in [-0.2, 0) is 23.8 Å². The third-order valence-corrected chi connectivity index (χ3v) is 3.68. The number of methoxy groups -OCH3 is 1. The lowest BCUT2D eigenvalue weighted by Crippen LogP contribution is -2.42. The number of rotatable bonds is 3. The number of esters is 3. The number of nitrogens with one attached hydrogen (secondary N) is 1. The maximum absolute atomic E-state index is 11.9. The van der Waals surface area contributed by atoms with Crippen LogP contribution in [0.15, 0.2) is 23.9 Å². The zero-order valence-electron chi connectivity index (χ0n) is 12.9. The molecule has 128 valence electrons. The SMILES string of the molecule is COC(=O)c1ccc(Cl)c(NC=C2C(=O)OC(C)(C)OC2=O)c1Cl. The minimum absolute atomic E-state index is 0.0240. The second-order valence-corrected chi connectivity index (χ2v) is 5.94. The summed E-state index contributed by atoms with van der Waals surface area (Å²) < 4.78 is 14.5. The molecule has 0 aromatic heterocycles. The van der Waals surface area contributed by atoms with Crippen LogP contribution < -0.4 is 5.32 Å². The number of cyclic esters (lactones) is 2. The average molecular weight is 374 g/mol. The van der Waals surface area contributed by atoms with Crippen LogP contribution in [0.25, 0.3) is 0 Å². The standard InChI is InChI=1S/C15H13Cl2NO6/c1-15(2)23-13(20)8(14(21)24-15)6-18-11-9(16)5-4-7(10(11)17)12(19)22-3/h4-6,18H,1-3H3. The number of ether oxygens (including phenoxy) is 3. The van der Waals surface area contributed by atoms with Gasteiger partial charge in [-0.2, -0.15) is 0 Å². The van der Waals surface area contributed by atoms with E-state index in [4.69, 9.17) is 32.7 Å². The second kappa shape index (κ2) is 6.70. The van der Waals surface area contributed by atoms with Crippen LogP contribution in [0.5, 0.6) is 0 Å². The van der Waals surface area contributed by atoms with Gasteiger partial charge in [0.15, 0.2) is 5.57 Å². The normalized spacial score (nSPS) is 16.1. The van der Waals surface area contributed by atoms with E-state index in [0.29, 0.717) is 0 Å². The highest BCUT2D eigenvalue weighted by Crippen LogP contribution is 2.34. The van der Waals surface area contributed by atoms with Gasteiger partial charge in [0.05, 0.1) is 28.4 Å². The van der Waals surface area contributed by atoms with E-state index in [1.807, 2.05) is 0 Å². The topological polar surface area (TPSA) is 90.9 Å². The summed E-state index contributed by atoms with van der Waals surface area (Å²) in [5.41, 5.74) is -0.177. The van der Waals surface area contributed by atoms with Crippen molar-refractivity contribution in [1.29, 1.82) is 0 Å². The molecule has 0 saturated carbocycles. The predicted octanol–water partition coefficient (Wildman–Crippen LogP) is 2.91. The molecule has 1 aromatic carbocycles. The zero-order valence-corrected chi connectivity index (χ0v) is 14.4. The van der Waals surface area contributed by atoms with Crippen LogP contribution in [0.4, 0.5) is 5.69 Å². The van der Waals surface area contributed by atoms with Crippen molar-refractivity contribution in [3.8, 4) is 0 Å². The van der Waals surface area contributed by atoms with Gasteiger partial charge in [-0.15, -0.1) is 0 Å².